The van der Waals surface area contributed by atoms with Gasteiger partial charge in [0.1, 0.15) is 18.1 Å². The number of para-hydroxylation sites is 1. The summed E-state index contributed by atoms with van der Waals surface area (Å²) in [6, 6.07) is 14.7. The Morgan fingerprint density at radius 2 is 1.86 bits per heavy atom. The molecule has 0 aliphatic carbocycles. The van der Waals surface area contributed by atoms with Crippen LogP contribution in [0.25, 0.3) is 0 Å². The fourth-order valence-corrected chi connectivity index (χ4v) is 4.12. The Morgan fingerprint density at radius 1 is 1.07 bits per heavy atom. The Labute approximate surface area is 172 Å². The molecular formula is C23H29N3O3. The van der Waals surface area contributed by atoms with E-state index >= 15 is 0 Å². The number of nitrogens with zero attached hydrogens (tertiary/aromatic N) is 3. The molecule has 2 aliphatic heterocycles. The number of hydrogen-bond donors (Lipinski definition) is 0. The summed E-state index contributed by atoms with van der Waals surface area (Å²) in [5.74, 6) is 1.91. The maximum Gasteiger partial charge on any atom is 0.219 e. The number of hydrogen-bond acceptors (Lipinski definition) is 5. The molecule has 4 rings (SSSR count). The van der Waals surface area contributed by atoms with E-state index in [9.17, 15) is 4.79 Å². The van der Waals surface area contributed by atoms with Crippen LogP contribution < -0.4 is 14.4 Å². The van der Waals surface area contributed by atoms with Gasteiger partial charge in [0.15, 0.2) is 0 Å². The van der Waals surface area contributed by atoms with E-state index in [0.29, 0.717) is 6.61 Å². The topological polar surface area (TPSA) is 45.3 Å². The lowest BCUT2D eigenvalue weighted by Crippen LogP contribution is -2.48. The predicted molar refractivity (Wildman–Crippen MR) is 114 cm³/mol. The molecule has 0 N–H and O–H groups in total. The summed E-state index contributed by atoms with van der Waals surface area (Å²) >= 11 is 0. The number of anilines is 1. The highest BCUT2D eigenvalue weighted by Gasteiger charge is 2.22. The van der Waals surface area contributed by atoms with Gasteiger partial charge in [0.2, 0.25) is 5.91 Å². The van der Waals surface area contributed by atoms with Crippen LogP contribution in [0.1, 0.15) is 18.1 Å². The van der Waals surface area contributed by atoms with Crippen molar-refractivity contribution in [3.8, 4) is 11.5 Å². The first-order valence-electron chi connectivity index (χ1n) is 10.2. The van der Waals surface area contributed by atoms with Crippen molar-refractivity contribution in [3.63, 3.8) is 0 Å². The van der Waals surface area contributed by atoms with E-state index in [2.05, 4.69) is 40.1 Å². The number of benzene rings is 2. The van der Waals surface area contributed by atoms with E-state index in [-0.39, 0.29) is 5.91 Å². The summed E-state index contributed by atoms with van der Waals surface area (Å²) in [6.45, 7) is 8.25. The summed E-state index contributed by atoms with van der Waals surface area (Å²) in [7, 11) is 1.68. The molecule has 1 fully saturated rings. The minimum Gasteiger partial charge on any atom is -0.497 e. The molecular weight excluding hydrogens is 366 g/mol. The van der Waals surface area contributed by atoms with E-state index < -0.39 is 0 Å². The van der Waals surface area contributed by atoms with Crippen LogP contribution in [0.2, 0.25) is 0 Å². The number of piperazine rings is 1. The van der Waals surface area contributed by atoms with Gasteiger partial charge < -0.3 is 19.3 Å². The quantitative estimate of drug-likeness (QED) is 0.797. The molecule has 29 heavy (non-hydrogen) atoms. The molecule has 0 spiro atoms. The first-order chi connectivity index (χ1) is 14.1. The Morgan fingerprint density at radius 3 is 2.62 bits per heavy atom. The van der Waals surface area contributed by atoms with Gasteiger partial charge in [0, 0.05) is 70.1 Å². The number of fused-ring (bicyclic) bond motifs is 1. The van der Waals surface area contributed by atoms with Gasteiger partial charge in [-0.05, 0) is 17.7 Å². The number of amides is 1. The number of methoxy groups -OCH3 is 1. The number of carbonyl (C=O) groups is 1. The van der Waals surface area contributed by atoms with E-state index in [4.69, 9.17) is 9.47 Å². The molecule has 154 valence electrons. The van der Waals surface area contributed by atoms with Gasteiger partial charge >= 0.3 is 0 Å². The van der Waals surface area contributed by atoms with Crippen molar-refractivity contribution in [2.75, 3.05) is 51.3 Å². The van der Waals surface area contributed by atoms with E-state index in [0.717, 1.165) is 57.3 Å². The molecule has 0 saturated carbocycles. The molecule has 2 aromatic carbocycles. The third-order valence-corrected chi connectivity index (χ3v) is 5.78. The lowest BCUT2D eigenvalue weighted by molar-refractivity contribution is -0.129. The van der Waals surface area contributed by atoms with E-state index in [1.807, 2.05) is 17.0 Å². The van der Waals surface area contributed by atoms with Crippen LogP contribution in [0.5, 0.6) is 11.5 Å². The van der Waals surface area contributed by atoms with Crippen LogP contribution in [0, 0.1) is 0 Å². The van der Waals surface area contributed by atoms with Gasteiger partial charge in [-0.3, -0.25) is 9.69 Å². The Kier molecular flexibility index (Phi) is 5.90. The molecule has 0 aromatic heterocycles. The van der Waals surface area contributed by atoms with Crippen molar-refractivity contribution >= 4 is 11.6 Å². The molecule has 1 saturated heterocycles. The summed E-state index contributed by atoms with van der Waals surface area (Å²) in [5, 5.41) is 0. The third kappa shape index (κ3) is 4.48. The zero-order valence-corrected chi connectivity index (χ0v) is 17.3. The standard InChI is InChI=1S/C23H29N3O3/c1-18(27)25-9-11-26(12-10-25)22-6-4-3-5-19(22)16-24-13-14-29-23-15-21(28-2)8-7-20(23)17-24/h3-8,15H,9-14,16-17H2,1-2H3. The molecule has 2 aromatic rings. The van der Waals surface area contributed by atoms with Crippen LogP contribution in [0.3, 0.4) is 0 Å². The largest absolute Gasteiger partial charge is 0.497 e. The summed E-state index contributed by atoms with van der Waals surface area (Å²) < 4.78 is 11.3. The molecule has 0 bridgehead atoms. The van der Waals surface area contributed by atoms with Gasteiger partial charge in [-0.1, -0.05) is 24.3 Å². The van der Waals surface area contributed by atoms with E-state index in [1.165, 1.54) is 16.8 Å². The normalized spacial score (nSPS) is 17.3. The molecule has 0 atom stereocenters. The zero-order chi connectivity index (χ0) is 20.2. The summed E-state index contributed by atoms with van der Waals surface area (Å²) in [6.07, 6.45) is 0. The van der Waals surface area contributed by atoms with Crippen LogP contribution in [-0.2, 0) is 17.9 Å². The maximum absolute atomic E-state index is 11.6. The Bertz CT molecular complexity index is 862. The maximum atomic E-state index is 11.6. The minimum atomic E-state index is 0.165. The summed E-state index contributed by atoms with van der Waals surface area (Å²) in [5.41, 5.74) is 3.78. The monoisotopic (exact) mass is 395 g/mol. The molecule has 6 nitrogen and oxygen atoms in total. The molecule has 2 heterocycles. The van der Waals surface area contributed by atoms with Crippen molar-refractivity contribution in [1.82, 2.24) is 9.80 Å². The van der Waals surface area contributed by atoms with E-state index in [1.54, 1.807) is 14.0 Å². The van der Waals surface area contributed by atoms with Crippen molar-refractivity contribution in [2.45, 2.75) is 20.0 Å². The molecule has 0 unspecified atom stereocenters. The van der Waals surface area contributed by atoms with Crippen molar-refractivity contribution in [1.29, 1.82) is 0 Å². The van der Waals surface area contributed by atoms with Gasteiger partial charge in [-0.15, -0.1) is 0 Å². The van der Waals surface area contributed by atoms with Crippen LogP contribution in [0.4, 0.5) is 5.69 Å². The molecule has 2 aliphatic rings. The number of rotatable bonds is 4. The Hall–Kier alpha value is -2.73. The highest BCUT2D eigenvalue weighted by molar-refractivity contribution is 5.73. The lowest BCUT2D eigenvalue weighted by atomic mass is 10.1. The van der Waals surface area contributed by atoms with Crippen molar-refractivity contribution < 1.29 is 14.3 Å². The van der Waals surface area contributed by atoms with Crippen LogP contribution in [0.15, 0.2) is 42.5 Å². The van der Waals surface area contributed by atoms with Crippen molar-refractivity contribution in [3.05, 3.63) is 53.6 Å². The summed E-state index contributed by atoms with van der Waals surface area (Å²) in [4.78, 5) is 18.4. The number of carbonyl (C=O) groups excluding carboxylic acids is 1. The first kappa shape index (κ1) is 19.6. The fraction of sp³-hybridized carbons (Fsp3) is 0.435. The molecule has 6 heteroatoms. The minimum absolute atomic E-state index is 0.165. The first-order valence-corrected chi connectivity index (χ1v) is 10.2. The predicted octanol–water partition coefficient (Wildman–Crippen LogP) is 2.76. The lowest BCUT2D eigenvalue weighted by Gasteiger charge is -2.37. The molecule has 0 radical (unpaired) electrons. The van der Waals surface area contributed by atoms with Gasteiger partial charge in [-0.2, -0.15) is 0 Å². The average molecular weight is 396 g/mol. The van der Waals surface area contributed by atoms with Crippen molar-refractivity contribution in [2.24, 2.45) is 0 Å². The van der Waals surface area contributed by atoms with Crippen LogP contribution >= 0.6 is 0 Å². The van der Waals surface area contributed by atoms with Gasteiger partial charge in [0.05, 0.1) is 7.11 Å². The third-order valence-electron chi connectivity index (χ3n) is 5.78. The van der Waals surface area contributed by atoms with Gasteiger partial charge in [-0.25, -0.2) is 0 Å². The average Bonchev–Trinajstić information content (AvgIpc) is 2.95. The number of ether oxygens (including phenoxy) is 2. The second-order valence-corrected chi connectivity index (χ2v) is 7.65. The highest BCUT2D eigenvalue weighted by Crippen LogP contribution is 2.30. The van der Waals surface area contributed by atoms with Gasteiger partial charge in [0.25, 0.3) is 0 Å². The molecule has 1 amide bonds. The second-order valence-electron chi connectivity index (χ2n) is 7.65. The smallest absolute Gasteiger partial charge is 0.219 e. The SMILES string of the molecule is COc1ccc2c(c1)OCCN(Cc1ccccc1N1CCN(C(C)=O)CC1)C2. The second kappa shape index (κ2) is 8.74. The van der Waals surface area contributed by atoms with Crippen LogP contribution in [-0.4, -0.2) is 62.1 Å². The zero-order valence-electron chi connectivity index (χ0n) is 17.3. The Balaban J connectivity index is 1.48. The fourth-order valence-electron chi connectivity index (χ4n) is 4.12. The highest BCUT2D eigenvalue weighted by atomic mass is 16.5.